The quantitative estimate of drug-likeness (QED) is 0.604. The van der Waals surface area contributed by atoms with Crippen LogP contribution >= 0.6 is 11.8 Å². The summed E-state index contributed by atoms with van der Waals surface area (Å²) in [5, 5.41) is 4.68. The van der Waals surface area contributed by atoms with Crippen LogP contribution in [0.3, 0.4) is 0 Å². The van der Waals surface area contributed by atoms with Gasteiger partial charge in [0.1, 0.15) is 0 Å². The Balaban J connectivity index is 1.75. The Morgan fingerprint density at radius 2 is 1.72 bits per heavy atom. The standard InChI is InChI=1S/C21H18N2OS/c1-13-8-10-16(11-9-13)23-15(3)18(14(2)22-23)12-20-21(24)17-6-4-5-7-19(17)25-20/h4-12H,1-3H3/b20-12+. The number of nitrogens with zero attached hydrogens (tertiary/aromatic N) is 2. The van der Waals surface area contributed by atoms with Crippen molar-refractivity contribution in [3.63, 3.8) is 0 Å². The predicted molar refractivity (Wildman–Crippen MR) is 102 cm³/mol. The molecule has 1 aliphatic heterocycles. The van der Waals surface area contributed by atoms with Crippen molar-refractivity contribution in [2.24, 2.45) is 0 Å². The zero-order chi connectivity index (χ0) is 17.6. The molecule has 4 rings (SSSR count). The molecule has 0 spiro atoms. The minimum absolute atomic E-state index is 0.0995. The molecule has 0 aliphatic carbocycles. The molecule has 0 bridgehead atoms. The molecule has 0 fully saturated rings. The van der Waals surface area contributed by atoms with Crippen molar-refractivity contribution in [1.29, 1.82) is 0 Å². The summed E-state index contributed by atoms with van der Waals surface area (Å²) in [6.45, 7) is 6.10. The maximum absolute atomic E-state index is 12.6. The van der Waals surface area contributed by atoms with E-state index in [0.29, 0.717) is 0 Å². The van der Waals surface area contributed by atoms with Crippen molar-refractivity contribution in [1.82, 2.24) is 9.78 Å². The highest BCUT2D eigenvalue weighted by Gasteiger charge is 2.26. The fourth-order valence-corrected chi connectivity index (χ4v) is 4.10. The van der Waals surface area contributed by atoms with Crippen LogP contribution in [-0.4, -0.2) is 15.6 Å². The minimum atomic E-state index is 0.0995. The number of ketones is 1. The Hall–Kier alpha value is -2.59. The number of benzene rings is 2. The number of carbonyl (C=O) groups excluding carboxylic acids is 1. The van der Waals surface area contributed by atoms with Crippen molar-refractivity contribution in [2.45, 2.75) is 25.7 Å². The normalized spacial score (nSPS) is 15.0. The lowest BCUT2D eigenvalue weighted by Crippen LogP contribution is -1.99. The van der Waals surface area contributed by atoms with Gasteiger partial charge in [-0.05, 0) is 51.1 Å². The van der Waals surface area contributed by atoms with Crippen LogP contribution in [0.1, 0.15) is 32.9 Å². The maximum atomic E-state index is 12.6. The van der Waals surface area contributed by atoms with E-state index in [4.69, 9.17) is 0 Å². The molecule has 1 aromatic heterocycles. The number of rotatable bonds is 2. The number of allylic oxidation sites excluding steroid dienone is 1. The van der Waals surface area contributed by atoms with Gasteiger partial charge in [0.05, 0.1) is 16.3 Å². The number of aromatic nitrogens is 2. The number of hydrogen-bond donors (Lipinski definition) is 0. The third kappa shape index (κ3) is 2.72. The summed E-state index contributed by atoms with van der Waals surface area (Å²) in [5.41, 5.74) is 6.03. The van der Waals surface area contributed by atoms with Crippen molar-refractivity contribution in [3.8, 4) is 5.69 Å². The number of thioether (sulfide) groups is 1. The first kappa shape index (κ1) is 15.9. The Bertz CT molecular complexity index is 1010. The highest BCUT2D eigenvalue weighted by Crippen LogP contribution is 2.41. The van der Waals surface area contributed by atoms with Gasteiger partial charge in [0.25, 0.3) is 0 Å². The van der Waals surface area contributed by atoms with Crippen LogP contribution in [0.2, 0.25) is 0 Å². The Kier molecular flexibility index (Phi) is 3.85. The second-order valence-electron chi connectivity index (χ2n) is 6.27. The summed E-state index contributed by atoms with van der Waals surface area (Å²) in [4.78, 5) is 14.4. The monoisotopic (exact) mass is 346 g/mol. The fourth-order valence-electron chi connectivity index (χ4n) is 3.07. The maximum Gasteiger partial charge on any atom is 0.200 e. The average molecular weight is 346 g/mol. The van der Waals surface area contributed by atoms with Gasteiger partial charge < -0.3 is 0 Å². The van der Waals surface area contributed by atoms with Crippen LogP contribution in [0.15, 0.2) is 58.3 Å². The van der Waals surface area contributed by atoms with Crippen molar-refractivity contribution in [2.75, 3.05) is 0 Å². The largest absolute Gasteiger partial charge is 0.288 e. The zero-order valence-electron chi connectivity index (χ0n) is 14.4. The van der Waals surface area contributed by atoms with E-state index in [1.165, 1.54) is 17.3 Å². The topological polar surface area (TPSA) is 34.9 Å². The molecule has 25 heavy (non-hydrogen) atoms. The van der Waals surface area contributed by atoms with Crippen molar-refractivity contribution < 1.29 is 4.79 Å². The van der Waals surface area contributed by atoms with E-state index in [0.717, 1.165) is 38.0 Å². The van der Waals surface area contributed by atoms with Crippen LogP contribution in [0, 0.1) is 20.8 Å². The highest BCUT2D eigenvalue weighted by atomic mass is 32.2. The lowest BCUT2D eigenvalue weighted by Gasteiger charge is -2.05. The van der Waals surface area contributed by atoms with Gasteiger partial charge in [-0.15, -0.1) is 0 Å². The molecule has 2 heterocycles. The van der Waals surface area contributed by atoms with E-state index < -0.39 is 0 Å². The van der Waals surface area contributed by atoms with E-state index >= 15 is 0 Å². The predicted octanol–water partition coefficient (Wildman–Crippen LogP) is 5.13. The van der Waals surface area contributed by atoms with Gasteiger partial charge in [-0.1, -0.05) is 41.6 Å². The molecule has 1 aliphatic rings. The van der Waals surface area contributed by atoms with E-state index in [1.54, 1.807) is 0 Å². The molecule has 3 aromatic rings. The number of fused-ring (bicyclic) bond motifs is 1. The summed E-state index contributed by atoms with van der Waals surface area (Å²) in [5.74, 6) is 0.0995. The molecule has 0 amide bonds. The van der Waals surface area contributed by atoms with Crippen molar-refractivity contribution >= 4 is 23.6 Å². The summed E-state index contributed by atoms with van der Waals surface area (Å²) in [7, 11) is 0. The smallest absolute Gasteiger partial charge is 0.200 e. The molecule has 2 aromatic carbocycles. The molecular formula is C21H18N2OS. The van der Waals surface area contributed by atoms with Gasteiger partial charge in [0.2, 0.25) is 5.78 Å². The van der Waals surface area contributed by atoms with E-state index in [-0.39, 0.29) is 5.78 Å². The van der Waals surface area contributed by atoms with Gasteiger partial charge in [-0.25, -0.2) is 4.68 Å². The summed E-state index contributed by atoms with van der Waals surface area (Å²) < 4.78 is 1.94. The lowest BCUT2D eigenvalue weighted by atomic mass is 10.1. The SMILES string of the molecule is Cc1ccc(-n2nc(C)c(/C=C3/Sc4ccccc4C3=O)c2C)cc1. The molecule has 0 saturated carbocycles. The molecule has 0 N–H and O–H groups in total. The number of hydrogen-bond acceptors (Lipinski definition) is 3. The lowest BCUT2D eigenvalue weighted by molar-refractivity contribution is 0.104. The molecule has 3 nitrogen and oxygen atoms in total. The van der Waals surface area contributed by atoms with Gasteiger partial charge in [-0.3, -0.25) is 4.79 Å². The molecule has 0 unspecified atom stereocenters. The van der Waals surface area contributed by atoms with Gasteiger partial charge in [-0.2, -0.15) is 5.10 Å². The molecule has 124 valence electrons. The Labute approximate surface area is 151 Å². The minimum Gasteiger partial charge on any atom is -0.288 e. The number of carbonyl (C=O) groups is 1. The molecule has 0 radical (unpaired) electrons. The third-order valence-electron chi connectivity index (χ3n) is 4.48. The summed E-state index contributed by atoms with van der Waals surface area (Å²) >= 11 is 1.54. The fraction of sp³-hybridized carbons (Fsp3) is 0.143. The first-order chi connectivity index (χ1) is 12.0. The second kappa shape index (κ2) is 6.05. The molecule has 0 atom stereocenters. The highest BCUT2D eigenvalue weighted by molar-refractivity contribution is 8.04. The average Bonchev–Trinajstić information content (AvgIpc) is 3.08. The molecule has 4 heteroatoms. The summed E-state index contributed by atoms with van der Waals surface area (Å²) in [6.07, 6.45) is 1.98. The van der Waals surface area contributed by atoms with Crippen LogP contribution in [0.25, 0.3) is 11.8 Å². The Morgan fingerprint density at radius 1 is 1.00 bits per heavy atom. The first-order valence-electron chi connectivity index (χ1n) is 8.21. The van der Waals surface area contributed by atoms with E-state index in [1.807, 2.05) is 48.9 Å². The van der Waals surface area contributed by atoms with Gasteiger partial charge in [0, 0.05) is 21.7 Å². The molecular weight excluding hydrogens is 328 g/mol. The van der Waals surface area contributed by atoms with Gasteiger partial charge >= 0.3 is 0 Å². The second-order valence-corrected chi connectivity index (χ2v) is 7.35. The van der Waals surface area contributed by atoms with E-state index in [2.05, 4.69) is 36.3 Å². The number of Topliss-reactive ketones (excluding diaryl/α,β-unsaturated/α-hetero) is 1. The van der Waals surface area contributed by atoms with Gasteiger partial charge in [0.15, 0.2) is 0 Å². The van der Waals surface area contributed by atoms with Crippen LogP contribution < -0.4 is 0 Å². The number of aryl methyl sites for hydroxylation is 2. The zero-order valence-corrected chi connectivity index (χ0v) is 15.2. The molecule has 0 saturated heterocycles. The van der Waals surface area contributed by atoms with Crippen LogP contribution in [0.5, 0.6) is 0 Å². The summed E-state index contributed by atoms with van der Waals surface area (Å²) in [6, 6.07) is 16.1. The third-order valence-corrected chi connectivity index (χ3v) is 5.58. The first-order valence-corrected chi connectivity index (χ1v) is 9.03. The van der Waals surface area contributed by atoms with E-state index in [9.17, 15) is 4.79 Å². The Morgan fingerprint density at radius 3 is 2.44 bits per heavy atom. The van der Waals surface area contributed by atoms with Crippen LogP contribution in [0.4, 0.5) is 0 Å². The van der Waals surface area contributed by atoms with Crippen LogP contribution in [-0.2, 0) is 0 Å². The van der Waals surface area contributed by atoms with Crippen molar-refractivity contribution in [3.05, 3.63) is 81.5 Å².